The van der Waals surface area contributed by atoms with Crippen molar-refractivity contribution in [3.63, 3.8) is 0 Å². The molecule has 8 nitrogen and oxygen atoms in total. The number of sulfonamides is 1. The zero-order chi connectivity index (χ0) is 21.1. The number of benzene rings is 1. The second-order valence-electron chi connectivity index (χ2n) is 7.72. The molecule has 1 heterocycles. The van der Waals surface area contributed by atoms with Gasteiger partial charge in [-0.1, -0.05) is 36.7 Å². The van der Waals surface area contributed by atoms with E-state index in [1.54, 1.807) is 32.9 Å². The van der Waals surface area contributed by atoms with Crippen molar-refractivity contribution in [1.29, 1.82) is 5.26 Å². The van der Waals surface area contributed by atoms with Gasteiger partial charge in [-0.05, 0) is 24.6 Å². The van der Waals surface area contributed by atoms with Crippen molar-refractivity contribution in [1.82, 2.24) is 14.9 Å². The van der Waals surface area contributed by atoms with Gasteiger partial charge in [0.1, 0.15) is 10.6 Å². The zero-order valence-electron chi connectivity index (χ0n) is 16.3. The van der Waals surface area contributed by atoms with E-state index >= 15 is 0 Å². The predicted octanol–water partition coefficient (Wildman–Crippen LogP) is 1.82. The fourth-order valence-electron chi connectivity index (χ4n) is 2.94. The van der Waals surface area contributed by atoms with E-state index in [9.17, 15) is 18.5 Å². The van der Waals surface area contributed by atoms with Gasteiger partial charge in [0.25, 0.3) is 0 Å². The highest BCUT2D eigenvalue weighted by Crippen LogP contribution is 2.28. The fraction of sp³-hybridized carbons (Fsp3) is 0.556. The number of ether oxygens (including phenoxy) is 1. The Morgan fingerprint density at radius 2 is 2.11 bits per heavy atom. The Kier molecular flexibility index (Phi) is 6.96. The summed E-state index contributed by atoms with van der Waals surface area (Å²) in [4.78, 5) is 13.6. The van der Waals surface area contributed by atoms with Crippen LogP contribution in [0.3, 0.4) is 0 Å². The lowest BCUT2D eigenvalue weighted by molar-refractivity contribution is -0.128. The van der Waals surface area contributed by atoms with Gasteiger partial charge in [-0.3, -0.25) is 4.79 Å². The summed E-state index contributed by atoms with van der Waals surface area (Å²) in [6, 6.07) is 4.01. The molecule has 0 spiro atoms. The Balaban J connectivity index is 2.10. The minimum atomic E-state index is -3.85. The maximum absolute atomic E-state index is 12.8. The first-order valence-corrected chi connectivity index (χ1v) is 11.1. The summed E-state index contributed by atoms with van der Waals surface area (Å²) in [5.41, 5.74) is -0.533. The van der Waals surface area contributed by atoms with Crippen LogP contribution in [0.25, 0.3) is 0 Å². The molecule has 1 saturated heterocycles. The standard InChI is InChI=1S/C18H25BrN4O4S/c1-18(2,3)17(24)21-9-14-8-13(10-23(14)11-20)22-28(25,26)16-7-12(19)5-6-15(16)27-4/h5-7,13-14,22H,8-10H2,1-4H3,(H,21,24)/t13-,14-/m1/s1. The summed E-state index contributed by atoms with van der Waals surface area (Å²) in [7, 11) is -2.44. The van der Waals surface area contributed by atoms with Crippen molar-refractivity contribution >= 4 is 31.9 Å². The Bertz CT molecular complexity index is 877. The summed E-state index contributed by atoms with van der Waals surface area (Å²) < 4.78 is 34.1. The third kappa shape index (κ3) is 5.37. The molecule has 0 bridgehead atoms. The van der Waals surface area contributed by atoms with Gasteiger partial charge in [0, 0.05) is 29.0 Å². The average molecular weight is 473 g/mol. The van der Waals surface area contributed by atoms with Crippen LogP contribution in [-0.2, 0) is 14.8 Å². The maximum Gasteiger partial charge on any atom is 0.244 e. The zero-order valence-corrected chi connectivity index (χ0v) is 18.7. The van der Waals surface area contributed by atoms with Gasteiger partial charge >= 0.3 is 0 Å². The van der Waals surface area contributed by atoms with E-state index < -0.39 is 21.5 Å². The number of hydrogen-bond acceptors (Lipinski definition) is 6. The molecule has 0 aliphatic carbocycles. The molecule has 2 atom stereocenters. The molecular weight excluding hydrogens is 448 g/mol. The Hall–Kier alpha value is -1.83. The molecule has 2 N–H and O–H groups in total. The molecule has 1 aromatic carbocycles. The van der Waals surface area contributed by atoms with Crippen LogP contribution in [0.5, 0.6) is 5.75 Å². The lowest BCUT2D eigenvalue weighted by Crippen LogP contribution is -2.42. The highest BCUT2D eigenvalue weighted by molar-refractivity contribution is 9.10. The molecule has 0 unspecified atom stereocenters. The Morgan fingerprint density at radius 3 is 2.68 bits per heavy atom. The van der Waals surface area contributed by atoms with Crippen molar-refractivity contribution in [2.24, 2.45) is 5.41 Å². The number of methoxy groups -OCH3 is 1. The molecule has 0 radical (unpaired) electrons. The summed E-state index contributed by atoms with van der Waals surface area (Å²) in [6.45, 7) is 5.94. The summed E-state index contributed by atoms with van der Waals surface area (Å²) >= 11 is 3.27. The monoisotopic (exact) mass is 472 g/mol. The minimum absolute atomic E-state index is 0.0253. The van der Waals surface area contributed by atoms with E-state index in [1.165, 1.54) is 18.1 Å². The quantitative estimate of drug-likeness (QED) is 0.610. The van der Waals surface area contributed by atoms with Crippen molar-refractivity contribution in [2.75, 3.05) is 20.2 Å². The highest BCUT2D eigenvalue weighted by atomic mass is 79.9. The van der Waals surface area contributed by atoms with Crippen LogP contribution in [-0.4, -0.2) is 51.5 Å². The number of nitrogens with zero attached hydrogens (tertiary/aromatic N) is 2. The Morgan fingerprint density at radius 1 is 1.43 bits per heavy atom. The lowest BCUT2D eigenvalue weighted by Gasteiger charge is -2.22. The predicted molar refractivity (Wildman–Crippen MR) is 108 cm³/mol. The van der Waals surface area contributed by atoms with E-state index in [0.29, 0.717) is 10.9 Å². The summed E-state index contributed by atoms with van der Waals surface area (Å²) in [5, 5.41) is 12.2. The van der Waals surface area contributed by atoms with Crippen LogP contribution in [0.2, 0.25) is 0 Å². The van der Waals surface area contributed by atoms with Crippen LogP contribution in [0, 0.1) is 16.9 Å². The molecule has 1 aliphatic heterocycles. The number of likely N-dealkylation sites (tertiary alicyclic amines) is 1. The lowest BCUT2D eigenvalue weighted by atomic mass is 9.95. The fourth-order valence-corrected chi connectivity index (χ4v) is 4.88. The van der Waals surface area contributed by atoms with Crippen molar-refractivity contribution in [3.05, 3.63) is 22.7 Å². The van der Waals surface area contributed by atoms with Gasteiger partial charge in [-0.15, -0.1) is 0 Å². The topological polar surface area (TPSA) is 112 Å². The summed E-state index contributed by atoms with van der Waals surface area (Å²) in [5.74, 6) is 0.119. The van der Waals surface area contributed by atoms with Gasteiger partial charge in [-0.2, -0.15) is 5.26 Å². The number of nitrogens with one attached hydrogen (secondary N) is 2. The molecule has 2 rings (SSSR count). The third-order valence-corrected chi connectivity index (χ3v) is 6.49. The number of hydrogen-bond donors (Lipinski definition) is 2. The number of nitriles is 1. The first-order valence-electron chi connectivity index (χ1n) is 8.78. The van der Waals surface area contributed by atoms with Gasteiger partial charge in [-0.25, -0.2) is 13.1 Å². The van der Waals surface area contributed by atoms with E-state index in [4.69, 9.17) is 4.74 Å². The number of rotatable bonds is 6. The molecular formula is C18H25BrN4O4S. The molecule has 28 heavy (non-hydrogen) atoms. The Labute approximate surface area is 174 Å². The number of carbonyl (C=O) groups is 1. The van der Waals surface area contributed by atoms with Crippen molar-refractivity contribution in [3.8, 4) is 11.9 Å². The molecule has 0 aromatic heterocycles. The molecule has 154 valence electrons. The van der Waals surface area contributed by atoms with Crippen LogP contribution in [0.15, 0.2) is 27.6 Å². The van der Waals surface area contributed by atoms with Crippen LogP contribution < -0.4 is 14.8 Å². The maximum atomic E-state index is 12.8. The molecule has 1 aromatic rings. The second kappa shape index (κ2) is 8.68. The number of amides is 1. The SMILES string of the molecule is COc1ccc(Br)cc1S(=O)(=O)N[C@@H]1C[C@H](CNC(=O)C(C)(C)C)N(C#N)C1. The molecule has 1 aliphatic rings. The smallest absolute Gasteiger partial charge is 0.244 e. The summed E-state index contributed by atoms with van der Waals surface area (Å²) in [6.07, 6.45) is 2.49. The highest BCUT2D eigenvalue weighted by Gasteiger charge is 2.35. The van der Waals surface area contributed by atoms with Gasteiger partial charge < -0.3 is 15.0 Å². The second-order valence-corrected chi connectivity index (χ2v) is 10.3. The van der Waals surface area contributed by atoms with Crippen LogP contribution in [0.1, 0.15) is 27.2 Å². The van der Waals surface area contributed by atoms with Crippen LogP contribution >= 0.6 is 15.9 Å². The molecule has 10 heteroatoms. The van der Waals surface area contributed by atoms with Crippen molar-refractivity contribution < 1.29 is 17.9 Å². The molecule has 1 amide bonds. The van der Waals surface area contributed by atoms with Crippen molar-refractivity contribution in [2.45, 2.75) is 44.2 Å². The average Bonchev–Trinajstić information content (AvgIpc) is 2.99. The number of carbonyl (C=O) groups excluding carboxylic acids is 1. The molecule has 1 fully saturated rings. The molecule has 0 saturated carbocycles. The third-order valence-electron chi connectivity index (χ3n) is 4.46. The van der Waals surface area contributed by atoms with E-state index in [0.717, 1.165) is 0 Å². The van der Waals surface area contributed by atoms with E-state index in [1.807, 2.05) is 0 Å². The van der Waals surface area contributed by atoms with Gasteiger partial charge in [0.2, 0.25) is 15.9 Å². The minimum Gasteiger partial charge on any atom is -0.495 e. The van der Waals surface area contributed by atoms with E-state index in [2.05, 4.69) is 32.2 Å². The first kappa shape index (κ1) is 22.5. The van der Waals surface area contributed by atoms with Gasteiger partial charge in [0.15, 0.2) is 6.19 Å². The largest absolute Gasteiger partial charge is 0.495 e. The normalized spacial score (nSPS) is 19.9. The van der Waals surface area contributed by atoms with E-state index in [-0.39, 0.29) is 35.7 Å². The number of halogens is 1. The van der Waals surface area contributed by atoms with Gasteiger partial charge in [0.05, 0.1) is 13.2 Å². The van der Waals surface area contributed by atoms with Crippen LogP contribution in [0.4, 0.5) is 0 Å². The first-order chi connectivity index (χ1) is 13.0.